The quantitative estimate of drug-likeness (QED) is 0.331. The highest BCUT2D eigenvalue weighted by Gasteiger charge is 2.16. The van der Waals surface area contributed by atoms with E-state index in [1.54, 1.807) is 61.6 Å². The second-order valence-corrected chi connectivity index (χ2v) is 8.85. The van der Waals surface area contributed by atoms with Crippen molar-refractivity contribution in [1.82, 2.24) is 9.80 Å². The minimum Gasteiger partial charge on any atom is -0.497 e. The number of hydrogen-bond donors (Lipinski definition) is 3. The van der Waals surface area contributed by atoms with Gasteiger partial charge in [-0.1, -0.05) is 24.3 Å². The number of urea groups is 1. The molecule has 0 aliphatic rings. The Labute approximate surface area is 218 Å². The van der Waals surface area contributed by atoms with Crippen LogP contribution in [0.1, 0.15) is 22.3 Å². The van der Waals surface area contributed by atoms with Crippen molar-refractivity contribution in [3.05, 3.63) is 77.9 Å². The van der Waals surface area contributed by atoms with Gasteiger partial charge in [-0.3, -0.25) is 4.79 Å². The monoisotopic (exact) mass is 505 g/mol. The van der Waals surface area contributed by atoms with Crippen LogP contribution in [-0.2, 0) is 6.54 Å². The average Bonchev–Trinajstić information content (AvgIpc) is 2.89. The van der Waals surface area contributed by atoms with E-state index in [1.165, 1.54) is 0 Å². The average molecular weight is 506 g/mol. The molecule has 9 nitrogen and oxygen atoms in total. The summed E-state index contributed by atoms with van der Waals surface area (Å²) in [7, 11) is 7.12. The molecule has 0 atom stereocenters. The summed E-state index contributed by atoms with van der Waals surface area (Å²) in [6.45, 7) is 1.78. The molecule has 3 amide bonds. The van der Waals surface area contributed by atoms with Gasteiger partial charge >= 0.3 is 6.03 Å². The molecule has 0 fully saturated rings. The maximum absolute atomic E-state index is 13.2. The summed E-state index contributed by atoms with van der Waals surface area (Å²) in [4.78, 5) is 29.7. The van der Waals surface area contributed by atoms with Crippen LogP contribution in [0, 0.1) is 0 Å². The Morgan fingerprint density at radius 3 is 2.11 bits per heavy atom. The predicted molar refractivity (Wildman–Crippen MR) is 147 cm³/mol. The van der Waals surface area contributed by atoms with Gasteiger partial charge in [0.05, 0.1) is 25.6 Å². The fourth-order valence-corrected chi connectivity index (χ4v) is 3.70. The number of ether oxygens (including phenoxy) is 2. The first kappa shape index (κ1) is 27.3. The Morgan fingerprint density at radius 1 is 0.865 bits per heavy atom. The number of nitrogen functional groups attached to an aromatic ring is 1. The van der Waals surface area contributed by atoms with E-state index in [4.69, 9.17) is 15.2 Å². The van der Waals surface area contributed by atoms with Gasteiger partial charge in [0.2, 0.25) is 0 Å². The largest absolute Gasteiger partial charge is 0.497 e. The number of para-hydroxylation sites is 2. The van der Waals surface area contributed by atoms with Crippen LogP contribution >= 0.6 is 0 Å². The van der Waals surface area contributed by atoms with Gasteiger partial charge in [0.25, 0.3) is 5.91 Å². The zero-order valence-electron chi connectivity index (χ0n) is 21.8. The fraction of sp³-hybridized carbons (Fsp3) is 0.286. The van der Waals surface area contributed by atoms with Crippen LogP contribution in [0.4, 0.5) is 21.9 Å². The molecule has 0 aromatic heterocycles. The van der Waals surface area contributed by atoms with E-state index in [2.05, 4.69) is 15.5 Å². The lowest BCUT2D eigenvalue weighted by Gasteiger charge is -2.24. The Balaban J connectivity index is 1.71. The maximum Gasteiger partial charge on any atom is 0.322 e. The normalized spacial score (nSPS) is 10.6. The highest BCUT2D eigenvalue weighted by atomic mass is 16.5. The van der Waals surface area contributed by atoms with Gasteiger partial charge in [-0.25, -0.2) is 4.79 Å². The molecule has 3 rings (SSSR count). The van der Waals surface area contributed by atoms with Crippen LogP contribution in [0.2, 0.25) is 0 Å². The first-order chi connectivity index (χ1) is 17.8. The van der Waals surface area contributed by atoms with Gasteiger partial charge in [0.1, 0.15) is 11.5 Å². The van der Waals surface area contributed by atoms with Crippen molar-refractivity contribution in [1.29, 1.82) is 0 Å². The van der Waals surface area contributed by atoms with Crippen LogP contribution in [0.15, 0.2) is 66.7 Å². The van der Waals surface area contributed by atoms with Crippen molar-refractivity contribution in [2.45, 2.75) is 13.0 Å². The van der Waals surface area contributed by atoms with E-state index in [0.29, 0.717) is 47.2 Å². The number of methoxy groups -OCH3 is 2. The molecule has 0 aliphatic carbocycles. The van der Waals surface area contributed by atoms with Gasteiger partial charge in [-0.2, -0.15) is 0 Å². The molecule has 0 radical (unpaired) electrons. The molecule has 9 heteroatoms. The van der Waals surface area contributed by atoms with Gasteiger partial charge in [0.15, 0.2) is 0 Å². The molecule has 4 N–H and O–H groups in total. The van der Waals surface area contributed by atoms with E-state index >= 15 is 0 Å². The first-order valence-electron chi connectivity index (χ1n) is 12.0. The Hall–Kier alpha value is -4.24. The number of nitrogens with one attached hydrogen (secondary N) is 2. The maximum atomic E-state index is 13.2. The van der Waals surface area contributed by atoms with Crippen LogP contribution < -0.4 is 25.8 Å². The topological polar surface area (TPSA) is 109 Å². The molecule has 0 saturated heterocycles. The van der Waals surface area contributed by atoms with Crippen LogP contribution in [0.5, 0.6) is 11.5 Å². The lowest BCUT2D eigenvalue weighted by Crippen LogP contribution is -2.36. The SMILES string of the molecule is COc1cc(NC(=O)N(CCCN(C)C)Cc2ccc(C(=O)Nc3ccccc3N)cc2)cc(OC)c1. The number of nitrogens with zero attached hydrogens (tertiary/aromatic N) is 2. The van der Waals surface area contributed by atoms with Crippen LogP contribution in [0.3, 0.4) is 0 Å². The van der Waals surface area contributed by atoms with E-state index < -0.39 is 0 Å². The molecular weight excluding hydrogens is 470 g/mol. The molecule has 0 heterocycles. The molecule has 3 aromatic rings. The van der Waals surface area contributed by atoms with E-state index in [9.17, 15) is 9.59 Å². The lowest BCUT2D eigenvalue weighted by atomic mass is 10.1. The third-order valence-corrected chi connectivity index (χ3v) is 5.72. The summed E-state index contributed by atoms with van der Waals surface area (Å²) in [6.07, 6.45) is 0.806. The van der Waals surface area contributed by atoms with Crippen molar-refractivity contribution >= 4 is 29.0 Å². The zero-order chi connectivity index (χ0) is 26.8. The summed E-state index contributed by atoms with van der Waals surface area (Å²) in [6, 6.07) is 19.3. The summed E-state index contributed by atoms with van der Waals surface area (Å²) in [5.74, 6) is 0.914. The minimum atomic E-state index is -0.253. The van der Waals surface area contributed by atoms with E-state index in [-0.39, 0.29) is 11.9 Å². The number of anilines is 3. The van der Waals surface area contributed by atoms with Gasteiger partial charge < -0.3 is 35.6 Å². The van der Waals surface area contributed by atoms with Crippen LogP contribution in [0.25, 0.3) is 0 Å². The van der Waals surface area contributed by atoms with Gasteiger partial charge in [-0.05, 0) is 56.9 Å². The Bertz CT molecular complexity index is 1180. The van der Waals surface area contributed by atoms with E-state index in [1.807, 2.05) is 38.4 Å². The highest BCUT2D eigenvalue weighted by Crippen LogP contribution is 2.26. The number of nitrogens with two attached hydrogens (primary N) is 1. The third-order valence-electron chi connectivity index (χ3n) is 5.72. The number of carbonyl (C=O) groups excluding carboxylic acids is 2. The molecule has 196 valence electrons. The Kier molecular flexibility index (Phi) is 9.74. The summed E-state index contributed by atoms with van der Waals surface area (Å²) in [5, 5.41) is 5.78. The predicted octanol–water partition coefficient (Wildman–Crippen LogP) is 4.52. The number of rotatable bonds is 11. The van der Waals surface area contributed by atoms with Gasteiger partial charge in [0, 0.05) is 42.5 Å². The fourth-order valence-electron chi connectivity index (χ4n) is 3.70. The summed E-state index contributed by atoms with van der Waals surface area (Å²) < 4.78 is 10.6. The smallest absolute Gasteiger partial charge is 0.322 e. The van der Waals surface area contributed by atoms with Crippen molar-refractivity contribution in [2.24, 2.45) is 0 Å². The zero-order valence-corrected chi connectivity index (χ0v) is 21.8. The molecular formula is C28H35N5O4. The molecule has 3 aromatic carbocycles. The van der Waals surface area contributed by atoms with Crippen molar-refractivity contribution in [3.63, 3.8) is 0 Å². The second-order valence-electron chi connectivity index (χ2n) is 8.85. The second kappa shape index (κ2) is 13.2. The van der Waals surface area contributed by atoms with Crippen LogP contribution in [-0.4, -0.2) is 63.1 Å². The summed E-state index contributed by atoms with van der Waals surface area (Å²) in [5.41, 5.74) is 8.97. The van der Waals surface area contributed by atoms with Gasteiger partial charge in [-0.15, -0.1) is 0 Å². The number of hydrogen-bond acceptors (Lipinski definition) is 6. The molecule has 37 heavy (non-hydrogen) atoms. The van der Waals surface area contributed by atoms with E-state index in [0.717, 1.165) is 18.5 Å². The summed E-state index contributed by atoms with van der Waals surface area (Å²) >= 11 is 0. The third kappa shape index (κ3) is 8.15. The number of carbonyl (C=O) groups is 2. The van der Waals surface area contributed by atoms with Crippen molar-refractivity contribution in [2.75, 3.05) is 57.8 Å². The molecule has 0 aliphatic heterocycles. The Morgan fingerprint density at radius 2 is 1.51 bits per heavy atom. The number of amides is 3. The van der Waals surface area contributed by atoms with Crippen molar-refractivity contribution < 1.29 is 19.1 Å². The molecule has 0 bridgehead atoms. The van der Waals surface area contributed by atoms with Crippen molar-refractivity contribution in [3.8, 4) is 11.5 Å². The highest BCUT2D eigenvalue weighted by molar-refractivity contribution is 6.05. The standard InChI is InChI=1S/C28H35N5O4/c1-32(2)14-7-15-33(28(35)30-22-16-23(36-3)18-24(17-22)37-4)19-20-10-12-21(13-11-20)27(34)31-26-9-6-5-8-25(26)29/h5-6,8-13,16-18H,7,14-15,19,29H2,1-4H3,(H,30,35)(H,31,34). The lowest BCUT2D eigenvalue weighted by molar-refractivity contribution is 0.102. The number of benzene rings is 3. The molecule has 0 spiro atoms. The minimum absolute atomic E-state index is 0.240. The first-order valence-corrected chi connectivity index (χ1v) is 12.0. The molecule has 0 saturated carbocycles. The molecule has 0 unspecified atom stereocenters.